The highest BCUT2D eigenvalue weighted by Crippen LogP contribution is 2.20. The molecule has 1 fully saturated rings. The van der Waals surface area contributed by atoms with Gasteiger partial charge in [-0.2, -0.15) is 0 Å². The van der Waals surface area contributed by atoms with Gasteiger partial charge < -0.3 is 19.5 Å². The van der Waals surface area contributed by atoms with Crippen molar-refractivity contribution in [2.75, 3.05) is 19.7 Å². The van der Waals surface area contributed by atoms with E-state index in [1.54, 1.807) is 27.7 Å². The summed E-state index contributed by atoms with van der Waals surface area (Å²) in [5.74, 6) is -0.869. The van der Waals surface area contributed by atoms with Crippen LogP contribution < -0.4 is 0 Å². The largest absolute Gasteiger partial charge is 0.466 e. The lowest BCUT2D eigenvalue weighted by molar-refractivity contribution is -0.151. The van der Waals surface area contributed by atoms with Gasteiger partial charge in [-0.1, -0.05) is 0 Å². The quantitative estimate of drug-likeness (QED) is 0.764. The van der Waals surface area contributed by atoms with Crippen LogP contribution in [0.5, 0.6) is 0 Å². The number of carbonyl (C=O) groups is 2. The number of hydrogen-bond acceptors (Lipinski definition) is 5. The minimum Gasteiger partial charge on any atom is -0.466 e. The molecule has 1 aliphatic rings. The fraction of sp³-hybridized carbons (Fsp3) is 0.846. The second-order valence-electron chi connectivity index (χ2n) is 5.72. The predicted octanol–water partition coefficient (Wildman–Crippen LogP) is 1.17. The first-order valence-corrected chi connectivity index (χ1v) is 6.55. The third-order valence-electron chi connectivity index (χ3n) is 2.70. The Morgan fingerprint density at radius 1 is 1.32 bits per heavy atom. The average molecular weight is 273 g/mol. The van der Waals surface area contributed by atoms with Crippen LogP contribution in [0.3, 0.4) is 0 Å². The summed E-state index contributed by atoms with van der Waals surface area (Å²) < 4.78 is 10.2. The monoisotopic (exact) mass is 273 g/mol. The van der Waals surface area contributed by atoms with E-state index in [2.05, 4.69) is 0 Å². The number of carbonyl (C=O) groups excluding carboxylic acids is 2. The van der Waals surface area contributed by atoms with E-state index in [0.29, 0.717) is 6.42 Å². The zero-order chi connectivity index (χ0) is 14.6. The van der Waals surface area contributed by atoms with Crippen molar-refractivity contribution in [1.82, 2.24) is 4.90 Å². The van der Waals surface area contributed by atoms with Crippen LogP contribution in [0.1, 0.15) is 34.1 Å². The van der Waals surface area contributed by atoms with Gasteiger partial charge in [-0.05, 0) is 34.1 Å². The number of nitrogens with zero attached hydrogens (tertiary/aromatic N) is 1. The van der Waals surface area contributed by atoms with Crippen LogP contribution in [-0.4, -0.2) is 53.5 Å². The van der Waals surface area contributed by atoms with Crippen LogP contribution in [0, 0.1) is 5.92 Å². The molecular formula is C13H23NO5. The third kappa shape index (κ3) is 5.06. The Kier molecular flexibility index (Phi) is 5.17. The lowest BCUT2D eigenvalue weighted by atomic mass is 9.96. The molecule has 6 nitrogen and oxygen atoms in total. The highest BCUT2D eigenvalue weighted by Gasteiger charge is 2.35. The van der Waals surface area contributed by atoms with Crippen molar-refractivity contribution in [2.45, 2.75) is 45.8 Å². The van der Waals surface area contributed by atoms with Crippen LogP contribution in [0.15, 0.2) is 0 Å². The molecule has 1 heterocycles. The highest BCUT2D eigenvalue weighted by molar-refractivity contribution is 5.75. The second kappa shape index (κ2) is 6.23. The van der Waals surface area contributed by atoms with Crippen molar-refractivity contribution < 1.29 is 24.2 Å². The predicted molar refractivity (Wildman–Crippen MR) is 68.6 cm³/mol. The van der Waals surface area contributed by atoms with Gasteiger partial charge in [0.1, 0.15) is 5.60 Å². The van der Waals surface area contributed by atoms with Crippen molar-refractivity contribution in [1.29, 1.82) is 0 Å². The van der Waals surface area contributed by atoms with Crippen LogP contribution in [0.2, 0.25) is 0 Å². The average Bonchev–Trinajstić information content (AvgIpc) is 2.26. The van der Waals surface area contributed by atoms with Gasteiger partial charge in [0, 0.05) is 13.1 Å². The lowest BCUT2D eigenvalue weighted by Gasteiger charge is -2.35. The molecule has 2 atom stereocenters. The number of aliphatic hydroxyl groups excluding tert-OH is 1. The van der Waals surface area contributed by atoms with Gasteiger partial charge in [0.25, 0.3) is 0 Å². The summed E-state index contributed by atoms with van der Waals surface area (Å²) in [6.45, 7) is 7.74. The molecule has 1 rings (SSSR count). The summed E-state index contributed by atoms with van der Waals surface area (Å²) in [6.07, 6.45) is -0.922. The molecule has 0 saturated carbocycles. The number of β-amino-alcohol motifs (C(OH)–C–C–N with tert-alkyl or cyclic N) is 1. The second-order valence-corrected chi connectivity index (χ2v) is 5.72. The van der Waals surface area contributed by atoms with E-state index in [1.165, 1.54) is 4.90 Å². The Morgan fingerprint density at radius 3 is 2.47 bits per heavy atom. The fourth-order valence-corrected chi connectivity index (χ4v) is 1.98. The number of ether oxygens (including phenoxy) is 2. The maximum Gasteiger partial charge on any atom is 0.410 e. The Hall–Kier alpha value is -1.30. The van der Waals surface area contributed by atoms with E-state index < -0.39 is 23.7 Å². The summed E-state index contributed by atoms with van der Waals surface area (Å²) in [7, 11) is 0. The molecule has 0 aromatic heterocycles. The molecule has 1 amide bonds. The number of likely N-dealkylation sites (tertiary alicyclic amines) is 1. The summed E-state index contributed by atoms with van der Waals surface area (Å²) in [6, 6.07) is 0. The van der Waals surface area contributed by atoms with Gasteiger partial charge >= 0.3 is 12.1 Å². The van der Waals surface area contributed by atoms with Crippen molar-refractivity contribution >= 4 is 12.1 Å². The molecule has 1 aliphatic heterocycles. The molecule has 0 radical (unpaired) electrons. The summed E-state index contributed by atoms with van der Waals surface area (Å²) in [5, 5.41) is 9.76. The van der Waals surface area contributed by atoms with Crippen molar-refractivity contribution in [3.63, 3.8) is 0 Å². The summed E-state index contributed by atoms with van der Waals surface area (Å²) in [5.41, 5.74) is -0.598. The van der Waals surface area contributed by atoms with Gasteiger partial charge in [-0.3, -0.25) is 4.79 Å². The number of aliphatic hydroxyl groups is 1. The zero-order valence-corrected chi connectivity index (χ0v) is 12.0. The minimum atomic E-state index is -0.726. The molecule has 0 aromatic carbocycles. The summed E-state index contributed by atoms with van der Waals surface area (Å²) >= 11 is 0. The molecule has 6 heteroatoms. The molecule has 1 N–H and O–H groups in total. The molecular weight excluding hydrogens is 250 g/mol. The number of rotatable bonds is 2. The smallest absolute Gasteiger partial charge is 0.410 e. The van der Waals surface area contributed by atoms with Gasteiger partial charge in [0.2, 0.25) is 0 Å². The topological polar surface area (TPSA) is 76.1 Å². The standard InChI is InChI=1S/C13H23NO5/c1-5-18-11(16)9-6-10(15)8-14(7-9)12(17)19-13(2,3)4/h9-10,15H,5-8H2,1-4H3. The number of hydrogen-bond donors (Lipinski definition) is 1. The van der Waals surface area contributed by atoms with Gasteiger partial charge in [-0.15, -0.1) is 0 Å². The fourth-order valence-electron chi connectivity index (χ4n) is 1.98. The van der Waals surface area contributed by atoms with E-state index in [-0.39, 0.29) is 25.7 Å². The minimum absolute atomic E-state index is 0.185. The van der Waals surface area contributed by atoms with Gasteiger partial charge in [-0.25, -0.2) is 4.79 Å². The SMILES string of the molecule is CCOC(=O)C1CC(O)CN(C(=O)OC(C)(C)C)C1. The number of piperidine rings is 1. The molecule has 110 valence electrons. The van der Waals surface area contributed by atoms with Crippen LogP contribution in [-0.2, 0) is 14.3 Å². The van der Waals surface area contributed by atoms with Crippen LogP contribution in [0.25, 0.3) is 0 Å². The third-order valence-corrected chi connectivity index (χ3v) is 2.70. The van der Waals surface area contributed by atoms with E-state index in [1.807, 2.05) is 0 Å². The number of amides is 1. The Morgan fingerprint density at radius 2 is 1.95 bits per heavy atom. The molecule has 0 aromatic rings. The van der Waals surface area contributed by atoms with Crippen LogP contribution >= 0.6 is 0 Å². The van der Waals surface area contributed by atoms with E-state index in [9.17, 15) is 14.7 Å². The van der Waals surface area contributed by atoms with E-state index in [4.69, 9.17) is 9.47 Å². The highest BCUT2D eigenvalue weighted by atomic mass is 16.6. The van der Waals surface area contributed by atoms with Crippen LogP contribution in [0.4, 0.5) is 4.79 Å². The first kappa shape index (κ1) is 15.8. The van der Waals surface area contributed by atoms with Crippen molar-refractivity contribution in [3.05, 3.63) is 0 Å². The Balaban J connectivity index is 2.64. The molecule has 1 saturated heterocycles. The van der Waals surface area contributed by atoms with Crippen molar-refractivity contribution in [2.24, 2.45) is 5.92 Å². The maximum atomic E-state index is 11.9. The van der Waals surface area contributed by atoms with E-state index in [0.717, 1.165) is 0 Å². The molecule has 0 spiro atoms. The molecule has 19 heavy (non-hydrogen) atoms. The normalized spacial score (nSPS) is 23.9. The van der Waals surface area contributed by atoms with E-state index >= 15 is 0 Å². The Labute approximate surface area is 113 Å². The maximum absolute atomic E-state index is 11.9. The molecule has 0 aliphatic carbocycles. The molecule has 0 bridgehead atoms. The van der Waals surface area contributed by atoms with Gasteiger partial charge in [0.05, 0.1) is 18.6 Å². The first-order chi connectivity index (χ1) is 8.73. The lowest BCUT2D eigenvalue weighted by Crippen LogP contribution is -2.50. The van der Waals surface area contributed by atoms with Crippen molar-refractivity contribution in [3.8, 4) is 0 Å². The molecule has 2 unspecified atom stereocenters. The Bertz CT molecular complexity index is 336. The number of esters is 1. The summed E-state index contributed by atoms with van der Waals surface area (Å²) in [4.78, 5) is 25.0. The van der Waals surface area contributed by atoms with Gasteiger partial charge in [0.15, 0.2) is 0 Å². The zero-order valence-electron chi connectivity index (χ0n) is 12.0. The first-order valence-electron chi connectivity index (χ1n) is 6.55.